The minimum Gasteiger partial charge on any atom is -0.347 e. The van der Waals surface area contributed by atoms with Gasteiger partial charge in [-0.05, 0) is 36.8 Å². The molecule has 2 heterocycles. The van der Waals surface area contributed by atoms with Gasteiger partial charge in [-0.15, -0.1) is 0 Å². The van der Waals surface area contributed by atoms with Crippen LogP contribution >= 0.6 is 0 Å². The summed E-state index contributed by atoms with van der Waals surface area (Å²) in [5, 5.41) is 4.02. The standard InChI is InChI=1S/C17H17N3O/c1-12-5-6-15-14(8-12)9-16(20(15)2)17(21)19-11-13-4-3-7-18-10-13/h3-10H,11H2,1-2H3,(H,19,21). The molecular weight excluding hydrogens is 262 g/mol. The van der Waals surface area contributed by atoms with Crippen LogP contribution < -0.4 is 5.32 Å². The Hall–Kier alpha value is -2.62. The fraction of sp³-hybridized carbons (Fsp3) is 0.176. The molecule has 0 fully saturated rings. The lowest BCUT2D eigenvalue weighted by atomic mass is 10.2. The SMILES string of the molecule is Cc1ccc2c(c1)cc(C(=O)NCc1cccnc1)n2C. The Morgan fingerprint density at radius 3 is 2.90 bits per heavy atom. The average molecular weight is 279 g/mol. The molecule has 106 valence electrons. The molecule has 21 heavy (non-hydrogen) atoms. The minimum atomic E-state index is -0.0739. The van der Waals surface area contributed by atoms with Crippen molar-refractivity contribution in [1.82, 2.24) is 14.9 Å². The van der Waals surface area contributed by atoms with E-state index in [1.54, 1.807) is 12.4 Å². The molecule has 0 aliphatic heterocycles. The second-order valence-corrected chi connectivity index (χ2v) is 5.19. The number of pyridine rings is 1. The van der Waals surface area contributed by atoms with Gasteiger partial charge in [0.25, 0.3) is 5.91 Å². The Bertz CT molecular complexity index is 790. The van der Waals surface area contributed by atoms with Crippen LogP contribution in [-0.4, -0.2) is 15.5 Å². The number of amides is 1. The molecule has 4 heteroatoms. The molecule has 0 saturated heterocycles. The molecule has 0 atom stereocenters. The van der Waals surface area contributed by atoms with Crippen molar-refractivity contribution in [2.75, 3.05) is 0 Å². The van der Waals surface area contributed by atoms with Gasteiger partial charge in [-0.3, -0.25) is 9.78 Å². The highest BCUT2D eigenvalue weighted by Crippen LogP contribution is 2.20. The Kier molecular flexibility index (Phi) is 3.44. The third kappa shape index (κ3) is 2.65. The average Bonchev–Trinajstić information content (AvgIpc) is 2.82. The second kappa shape index (κ2) is 5.40. The predicted molar refractivity (Wildman–Crippen MR) is 83.1 cm³/mol. The molecular formula is C17H17N3O. The molecule has 0 spiro atoms. The van der Waals surface area contributed by atoms with E-state index >= 15 is 0 Å². The number of aryl methyl sites for hydroxylation is 2. The first kappa shape index (κ1) is 13.4. The Morgan fingerprint density at radius 1 is 1.29 bits per heavy atom. The summed E-state index contributed by atoms with van der Waals surface area (Å²) in [7, 11) is 1.91. The van der Waals surface area contributed by atoms with Gasteiger partial charge in [-0.2, -0.15) is 0 Å². The van der Waals surface area contributed by atoms with E-state index < -0.39 is 0 Å². The lowest BCUT2D eigenvalue weighted by Crippen LogP contribution is -2.24. The maximum atomic E-state index is 12.3. The summed E-state index contributed by atoms with van der Waals surface area (Å²) < 4.78 is 1.92. The molecule has 1 aromatic carbocycles. The number of hydrogen-bond donors (Lipinski definition) is 1. The van der Waals surface area contributed by atoms with Gasteiger partial charge in [0.05, 0.1) is 0 Å². The van der Waals surface area contributed by atoms with Gasteiger partial charge in [0, 0.05) is 36.9 Å². The number of carbonyl (C=O) groups is 1. The molecule has 0 saturated carbocycles. The molecule has 0 radical (unpaired) electrons. The van der Waals surface area contributed by atoms with Crippen molar-refractivity contribution >= 4 is 16.8 Å². The molecule has 0 aliphatic carbocycles. The Morgan fingerprint density at radius 2 is 2.14 bits per heavy atom. The molecule has 4 nitrogen and oxygen atoms in total. The monoisotopic (exact) mass is 279 g/mol. The summed E-state index contributed by atoms with van der Waals surface area (Å²) in [5.74, 6) is -0.0739. The largest absolute Gasteiger partial charge is 0.347 e. The van der Waals surface area contributed by atoms with E-state index in [0.29, 0.717) is 12.2 Å². The van der Waals surface area contributed by atoms with Gasteiger partial charge in [0.15, 0.2) is 0 Å². The van der Waals surface area contributed by atoms with Crippen molar-refractivity contribution in [3.8, 4) is 0 Å². The molecule has 0 bridgehead atoms. The number of hydrogen-bond acceptors (Lipinski definition) is 2. The molecule has 2 aromatic heterocycles. The number of nitrogens with zero attached hydrogens (tertiary/aromatic N) is 2. The van der Waals surface area contributed by atoms with Gasteiger partial charge in [0.2, 0.25) is 0 Å². The van der Waals surface area contributed by atoms with Crippen LogP contribution in [0.5, 0.6) is 0 Å². The van der Waals surface area contributed by atoms with Crippen LogP contribution in [-0.2, 0) is 13.6 Å². The number of nitrogens with one attached hydrogen (secondary N) is 1. The van der Waals surface area contributed by atoms with Crippen molar-refractivity contribution in [2.45, 2.75) is 13.5 Å². The number of fused-ring (bicyclic) bond motifs is 1. The van der Waals surface area contributed by atoms with Crippen LogP contribution in [0.4, 0.5) is 0 Å². The number of aromatic nitrogens is 2. The topological polar surface area (TPSA) is 46.9 Å². The van der Waals surface area contributed by atoms with Gasteiger partial charge < -0.3 is 9.88 Å². The van der Waals surface area contributed by atoms with Crippen molar-refractivity contribution in [1.29, 1.82) is 0 Å². The number of carbonyl (C=O) groups excluding carboxylic acids is 1. The summed E-state index contributed by atoms with van der Waals surface area (Å²) in [6.45, 7) is 2.53. The van der Waals surface area contributed by atoms with E-state index in [0.717, 1.165) is 16.5 Å². The smallest absolute Gasteiger partial charge is 0.268 e. The number of benzene rings is 1. The fourth-order valence-corrected chi connectivity index (χ4v) is 2.46. The zero-order valence-electron chi connectivity index (χ0n) is 12.1. The van der Waals surface area contributed by atoms with Gasteiger partial charge in [0.1, 0.15) is 5.69 Å². The van der Waals surface area contributed by atoms with Crippen LogP contribution in [0, 0.1) is 6.92 Å². The molecule has 3 rings (SSSR count). The summed E-state index contributed by atoms with van der Waals surface area (Å²) >= 11 is 0. The predicted octanol–water partition coefficient (Wildman–Crippen LogP) is 2.81. The normalized spacial score (nSPS) is 10.8. The first-order chi connectivity index (χ1) is 10.1. The van der Waals surface area contributed by atoms with Crippen LogP contribution in [0.2, 0.25) is 0 Å². The van der Waals surface area contributed by atoms with Gasteiger partial charge in [-0.25, -0.2) is 0 Å². The van der Waals surface area contributed by atoms with Crippen molar-refractivity contribution < 1.29 is 4.79 Å². The lowest BCUT2D eigenvalue weighted by Gasteiger charge is -2.06. The summed E-state index contributed by atoms with van der Waals surface area (Å²) in [6.07, 6.45) is 3.47. The quantitative estimate of drug-likeness (QED) is 0.801. The van der Waals surface area contributed by atoms with Gasteiger partial charge >= 0.3 is 0 Å². The third-order valence-corrected chi connectivity index (χ3v) is 3.61. The van der Waals surface area contributed by atoms with Crippen molar-refractivity contribution in [3.63, 3.8) is 0 Å². The fourth-order valence-electron chi connectivity index (χ4n) is 2.46. The molecule has 0 unspecified atom stereocenters. The maximum Gasteiger partial charge on any atom is 0.268 e. The maximum absolute atomic E-state index is 12.3. The zero-order valence-corrected chi connectivity index (χ0v) is 12.1. The lowest BCUT2D eigenvalue weighted by molar-refractivity contribution is 0.0943. The van der Waals surface area contributed by atoms with E-state index in [4.69, 9.17) is 0 Å². The molecule has 1 amide bonds. The van der Waals surface area contributed by atoms with E-state index in [1.165, 1.54) is 5.56 Å². The van der Waals surface area contributed by atoms with Crippen molar-refractivity contribution in [2.24, 2.45) is 7.05 Å². The van der Waals surface area contributed by atoms with E-state index in [9.17, 15) is 4.79 Å². The Balaban J connectivity index is 1.83. The first-order valence-corrected chi connectivity index (χ1v) is 6.88. The van der Waals surface area contributed by atoms with E-state index in [-0.39, 0.29) is 5.91 Å². The third-order valence-electron chi connectivity index (χ3n) is 3.61. The first-order valence-electron chi connectivity index (χ1n) is 6.88. The highest BCUT2D eigenvalue weighted by Gasteiger charge is 2.13. The summed E-state index contributed by atoms with van der Waals surface area (Å²) in [6, 6.07) is 11.9. The summed E-state index contributed by atoms with van der Waals surface area (Å²) in [4.78, 5) is 16.4. The highest BCUT2D eigenvalue weighted by atomic mass is 16.1. The van der Waals surface area contributed by atoms with Crippen molar-refractivity contribution in [3.05, 3.63) is 65.6 Å². The molecule has 1 N–H and O–H groups in total. The van der Waals surface area contributed by atoms with Crippen LogP contribution in [0.25, 0.3) is 10.9 Å². The Labute approximate surface area is 123 Å². The van der Waals surface area contributed by atoms with Crippen LogP contribution in [0.3, 0.4) is 0 Å². The zero-order chi connectivity index (χ0) is 14.8. The van der Waals surface area contributed by atoms with E-state index in [1.807, 2.05) is 35.9 Å². The highest BCUT2D eigenvalue weighted by molar-refractivity contribution is 5.98. The minimum absolute atomic E-state index is 0.0739. The number of rotatable bonds is 3. The van der Waals surface area contributed by atoms with E-state index in [2.05, 4.69) is 29.4 Å². The molecule has 3 aromatic rings. The van der Waals surface area contributed by atoms with Gasteiger partial charge in [-0.1, -0.05) is 17.7 Å². The van der Waals surface area contributed by atoms with Crippen LogP contribution in [0.1, 0.15) is 21.6 Å². The second-order valence-electron chi connectivity index (χ2n) is 5.19. The molecule has 0 aliphatic rings. The van der Waals surface area contributed by atoms with Crippen LogP contribution in [0.15, 0.2) is 48.8 Å². The summed E-state index contributed by atoms with van der Waals surface area (Å²) in [5.41, 5.74) is 3.91.